The minimum atomic E-state index is -0.578. The summed E-state index contributed by atoms with van der Waals surface area (Å²) in [6, 6.07) is 6.13. The molecule has 1 aliphatic rings. The van der Waals surface area contributed by atoms with Crippen LogP contribution in [0.25, 0.3) is 0 Å². The van der Waals surface area contributed by atoms with Gasteiger partial charge in [0.05, 0.1) is 17.9 Å². The van der Waals surface area contributed by atoms with Crippen LogP contribution in [0.5, 0.6) is 0 Å². The number of hydrogen-bond acceptors (Lipinski definition) is 5. The lowest BCUT2D eigenvalue weighted by Gasteiger charge is -2.25. The van der Waals surface area contributed by atoms with Gasteiger partial charge in [-0.2, -0.15) is 0 Å². The number of benzene rings is 1. The summed E-state index contributed by atoms with van der Waals surface area (Å²) in [4.78, 5) is 43.5. The molecular weight excluding hydrogens is 322 g/mol. The maximum Gasteiger partial charge on any atom is 0.338 e. The fraction of sp³-hybridized carbons (Fsp3) is 0.444. The van der Waals surface area contributed by atoms with E-state index in [1.807, 2.05) is 27.7 Å². The zero-order valence-electron chi connectivity index (χ0n) is 15.1. The molecule has 0 N–H and O–H groups in total. The molecule has 0 radical (unpaired) electrons. The second-order valence-electron chi connectivity index (χ2n) is 6.22. The van der Waals surface area contributed by atoms with Crippen molar-refractivity contribution >= 4 is 29.4 Å². The van der Waals surface area contributed by atoms with Crippen LogP contribution in [-0.2, 0) is 14.3 Å². The van der Waals surface area contributed by atoms with Gasteiger partial charge >= 0.3 is 17.8 Å². The van der Waals surface area contributed by atoms with Gasteiger partial charge in [0, 0.05) is 12.1 Å². The molecule has 0 bridgehead atoms. The highest BCUT2D eigenvalue weighted by molar-refractivity contribution is 6.45. The number of hydrogen-bond donors (Lipinski definition) is 0. The molecule has 134 valence electrons. The van der Waals surface area contributed by atoms with Crippen molar-refractivity contribution in [1.82, 2.24) is 9.80 Å². The summed E-state index contributed by atoms with van der Waals surface area (Å²) in [5, 5.41) is 0. The minimum absolute atomic E-state index is 0.197. The summed E-state index contributed by atoms with van der Waals surface area (Å²) in [5.41, 5.74) is 0.965. The second-order valence-corrected chi connectivity index (χ2v) is 6.22. The van der Waals surface area contributed by atoms with E-state index in [1.165, 1.54) is 9.80 Å². The van der Waals surface area contributed by atoms with Crippen molar-refractivity contribution in [2.24, 2.45) is 4.99 Å². The van der Waals surface area contributed by atoms with Crippen LogP contribution in [0.3, 0.4) is 0 Å². The fourth-order valence-electron chi connectivity index (χ4n) is 2.54. The maximum atomic E-state index is 12.3. The molecule has 1 fully saturated rings. The first kappa shape index (κ1) is 18.6. The molecule has 7 nitrogen and oxygen atoms in total. The summed E-state index contributed by atoms with van der Waals surface area (Å²) >= 11 is 0. The molecule has 1 aliphatic heterocycles. The molecule has 0 aliphatic carbocycles. The van der Waals surface area contributed by atoms with Crippen molar-refractivity contribution in [2.75, 3.05) is 6.61 Å². The fourth-order valence-corrected chi connectivity index (χ4v) is 2.54. The molecule has 2 amide bonds. The van der Waals surface area contributed by atoms with Gasteiger partial charge in [-0.25, -0.2) is 9.79 Å². The molecule has 7 heteroatoms. The molecule has 25 heavy (non-hydrogen) atoms. The first-order valence-electron chi connectivity index (χ1n) is 8.30. The predicted octanol–water partition coefficient (Wildman–Crippen LogP) is 2.34. The third-order valence-corrected chi connectivity index (χ3v) is 3.69. The number of guanidine groups is 1. The van der Waals surface area contributed by atoms with Crippen LogP contribution in [-0.4, -0.2) is 52.2 Å². The molecule has 1 aromatic carbocycles. The van der Waals surface area contributed by atoms with Crippen LogP contribution in [0.15, 0.2) is 29.3 Å². The standard InChI is InChI=1S/C18H23N3O4/c1-6-25-17(24)13-7-9-14(10-8-13)19-18-20(11(2)3)15(22)16(23)21(18)12(4)5/h7-12H,6H2,1-5H3. The molecule has 0 atom stereocenters. The largest absolute Gasteiger partial charge is 0.462 e. The highest BCUT2D eigenvalue weighted by atomic mass is 16.5. The van der Waals surface area contributed by atoms with Gasteiger partial charge in [0.25, 0.3) is 0 Å². The van der Waals surface area contributed by atoms with E-state index in [2.05, 4.69) is 4.99 Å². The molecule has 2 rings (SSSR count). The van der Waals surface area contributed by atoms with Crippen molar-refractivity contribution in [3.8, 4) is 0 Å². The van der Waals surface area contributed by atoms with Crippen molar-refractivity contribution in [2.45, 2.75) is 46.7 Å². The maximum absolute atomic E-state index is 12.3. The minimum Gasteiger partial charge on any atom is -0.462 e. The third kappa shape index (κ3) is 3.70. The predicted molar refractivity (Wildman–Crippen MR) is 93.5 cm³/mol. The number of amides is 2. The number of carbonyl (C=O) groups is 3. The summed E-state index contributed by atoms with van der Waals surface area (Å²) in [6.07, 6.45) is 0. The zero-order chi connectivity index (χ0) is 18.7. The monoisotopic (exact) mass is 345 g/mol. The molecule has 1 saturated heterocycles. The van der Waals surface area contributed by atoms with Gasteiger partial charge in [-0.3, -0.25) is 19.4 Å². The van der Waals surface area contributed by atoms with Crippen LogP contribution in [0.4, 0.5) is 5.69 Å². The number of esters is 1. The highest BCUT2D eigenvalue weighted by Gasteiger charge is 2.45. The van der Waals surface area contributed by atoms with E-state index in [9.17, 15) is 14.4 Å². The SMILES string of the molecule is CCOC(=O)c1ccc(N=C2N(C(C)C)C(=O)C(=O)N2C(C)C)cc1. The number of carbonyl (C=O) groups excluding carboxylic acids is 3. The van der Waals surface area contributed by atoms with Crippen molar-refractivity contribution < 1.29 is 19.1 Å². The normalized spacial score (nSPS) is 14.8. The lowest BCUT2D eigenvalue weighted by Crippen LogP contribution is -2.41. The Morgan fingerprint density at radius 3 is 1.88 bits per heavy atom. The Hall–Kier alpha value is -2.70. The van der Waals surface area contributed by atoms with Gasteiger partial charge in [-0.15, -0.1) is 0 Å². The summed E-state index contributed by atoms with van der Waals surface area (Å²) in [7, 11) is 0. The first-order valence-corrected chi connectivity index (χ1v) is 8.30. The second kappa shape index (κ2) is 7.46. The van der Waals surface area contributed by atoms with Crippen molar-refractivity contribution in [1.29, 1.82) is 0 Å². The van der Waals surface area contributed by atoms with E-state index in [4.69, 9.17) is 4.74 Å². The summed E-state index contributed by atoms with van der Waals surface area (Å²) < 4.78 is 4.95. The molecular formula is C18H23N3O4. The Balaban J connectivity index is 2.40. The Kier molecular flexibility index (Phi) is 5.56. The number of aliphatic imine (C=N–C) groups is 1. The summed E-state index contributed by atoms with van der Waals surface area (Å²) in [6.45, 7) is 9.36. The molecule has 1 aromatic rings. The lowest BCUT2D eigenvalue weighted by atomic mass is 10.2. The van der Waals surface area contributed by atoms with Crippen LogP contribution in [0.2, 0.25) is 0 Å². The van der Waals surface area contributed by atoms with Gasteiger partial charge in [0.1, 0.15) is 0 Å². The van der Waals surface area contributed by atoms with E-state index in [0.29, 0.717) is 23.8 Å². The number of nitrogens with zero attached hydrogens (tertiary/aromatic N) is 3. The average molecular weight is 345 g/mol. The van der Waals surface area contributed by atoms with Crippen LogP contribution >= 0.6 is 0 Å². The van der Waals surface area contributed by atoms with Gasteiger partial charge in [0.2, 0.25) is 5.96 Å². The quantitative estimate of drug-likeness (QED) is 0.606. The van der Waals surface area contributed by atoms with Gasteiger partial charge < -0.3 is 4.74 Å². The van der Waals surface area contributed by atoms with Gasteiger partial charge in [-0.1, -0.05) is 0 Å². The first-order chi connectivity index (χ1) is 11.8. The van der Waals surface area contributed by atoms with Crippen LogP contribution < -0.4 is 0 Å². The van der Waals surface area contributed by atoms with E-state index in [-0.39, 0.29) is 12.1 Å². The molecule has 1 heterocycles. The van der Waals surface area contributed by atoms with Crippen LogP contribution in [0.1, 0.15) is 45.0 Å². The van der Waals surface area contributed by atoms with E-state index in [1.54, 1.807) is 31.2 Å². The molecule has 0 spiro atoms. The Morgan fingerprint density at radius 1 is 1.00 bits per heavy atom. The Morgan fingerprint density at radius 2 is 1.48 bits per heavy atom. The molecule has 0 saturated carbocycles. The van der Waals surface area contributed by atoms with Crippen molar-refractivity contribution in [3.63, 3.8) is 0 Å². The highest BCUT2D eigenvalue weighted by Crippen LogP contribution is 2.23. The third-order valence-electron chi connectivity index (χ3n) is 3.69. The Bertz CT molecular complexity index is 680. The van der Waals surface area contributed by atoms with E-state index >= 15 is 0 Å². The number of rotatable bonds is 5. The summed E-state index contributed by atoms with van der Waals surface area (Å²) in [5.74, 6) is -1.25. The lowest BCUT2D eigenvalue weighted by molar-refractivity contribution is -0.144. The van der Waals surface area contributed by atoms with Gasteiger partial charge in [0.15, 0.2) is 0 Å². The molecule has 0 aromatic heterocycles. The molecule has 0 unspecified atom stereocenters. The topological polar surface area (TPSA) is 79.3 Å². The smallest absolute Gasteiger partial charge is 0.338 e. The Labute approximate surface area is 147 Å². The van der Waals surface area contributed by atoms with Crippen molar-refractivity contribution in [3.05, 3.63) is 29.8 Å². The van der Waals surface area contributed by atoms with E-state index < -0.39 is 17.8 Å². The number of ether oxygens (including phenoxy) is 1. The average Bonchev–Trinajstić information content (AvgIpc) is 2.79. The van der Waals surface area contributed by atoms with Gasteiger partial charge in [-0.05, 0) is 58.9 Å². The zero-order valence-corrected chi connectivity index (χ0v) is 15.1. The van der Waals surface area contributed by atoms with E-state index in [0.717, 1.165) is 0 Å². The van der Waals surface area contributed by atoms with Crippen LogP contribution in [0, 0.1) is 0 Å².